The van der Waals surface area contributed by atoms with Crippen molar-refractivity contribution in [3.05, 3.63) is 69.6 Å². The van der Waals surface area contributed by atoms with E-state index in [1.165, 1.54) is 12.1 Å². The van der Waals surface area contributed by atoms with Crippen LogP contribution in [0.25, 0.3) is 10.9 Å². The number of hydrogen-bond donors (Lipinski definition) is 1. The van der Waals surface area contributed by atoms with Gasteiger partial charge in [-0.25, -0.2) is 4.39 Å². The van der Waals surface area contributed by atoms with Crippen LogP contribution in [0.15, 0.2) is 36.4 Å². The monoisotopic (exact) mass is 413 g/mol. The predicted octanol–water partition coefficient (Wildman–Crippen LogP) is 5.75. The lowest BCUT2D eigenvalue weighted by molar-refractivity contribution is -0.137. The van der Waals surface area contributed by atoms with Gasteiger partial charge in [0.25, 0.3) is 0 Å². The van der Waals surface area contributed by atoms with E-state index >= 15 is 0 Å². The van der Waals surface area contributed by atoms with Crippen LogP contribution in [0.2, 0.25) is 5.02 Å². The maximum absolute atomic E-state index is 14.4. The van der Waals surface area contributed by atoms with Gasteiger partial charge in [0.1, 0.15) is 5.82 Å². The highest BCUT2D eigenvalue weighted by atomic mass is 35.5. The minimum Gasteiger partial charge on any atom is -0.481 e. The summed E-state index contributed by atoms with van der Waals surface area (Å²) >= 11 is 5.97. The average Bonchev–Trinajstić information content (AvgIpc) is 3.19. The molecule has 3 aromatic rings. The fraction of sp³-hybridized carbons (Fsp3) is 0.304. The summed E-state index contributed by atoms with van der Waals surface area (Å²) in [5.41, 5.74) is 3.09. The Morgan fingerprint density at radius 1 is 1.24 bits per heavy atom. The topological polar surface area (TPSA) is 59.3 Å². The van der Waals surface area contributed by atoms with Gasteiger partial charge in [0.05, 0.1) is 17.5 Å². The number of halogens is 2. The molecule has 0 aliphatic carbocycles. The summed E-state index contributed by atoms with van der Waals surface area (Å²) < 4.78 is 16.3. The zero-order chi connectivity index (χ0) is 20.9. The van der Waals surface area contributed by atoms with Gasteiger partial charge in [-0.15, -0.1) is 0 Å². The van der Waals surface area contributed by atoms with Gasteiger partial charge >= 0.3 is 5.97 Å². The molecule has 0 spiro atoms. The van der Waals surface area contributed by atoms with Gasteiger partial charge in [0.2, 0.25) is 0 Å². The second-order valence-corrected chi connectivity index (χ2v) is 8.31. The minimum absolute atomic E-state index is 0.00557. The summed E-state index contributed by atoms with van der Waals surface area (Å²) in [7, 11) is 0. The maximum atomic E-state index is 14.4. The fourth-order valence-corrected chi connectivity index (χ4v) is 4.54. The fourth-order valence-electron chi connectivity index (χ4n) is 4.42. The molecule has 1 unspecified atom stereocenters. The van der Waals surface area contributed by atoms with E-state index in [1.807, 2.05) is 18.4 Å². The Kier molecular flexibility index (Phi) is 4.95. The predicted molar refractivity (Wildman–Crippen MR) is 110 cm³/mol. The number of carboxylic acid groups (broad SMARTS) is 1. The second-order valence-electron chi connectivity index (χ2n) is 7.88. The first-order chi connectivity index (χ1) is 13.8. The summed E-state index contributed by atoms with van der Waals surface area (Å²) in [5, 5.41) is 10.6. The number of aliphatic carboxylic acids is 1. The van der Waals surface area contributed by atoms with Crippen LogP contribution in [0.1, 0.15) is 65.7 Å². The zero-order valence-electron chi connectivity index (χ0n) is 16.2. The number of hydrogen-bond acceptors (Lipinski definition) is 2. The molecule has 6 heteroatoms. The average molecular weight is 414 g/mol. The van der Waals surface area contributed by atoms with E-state index in [4.69, 9.17) is 11.6 Å². The maximum Gasteiger partial charge on any atom is 0.304 e. The van der Waals surface area contributed by atoms with Crippen molar-refractivity contribution in [2.24, 2.45) is 0 Å². The van der Waals surface area contributed by atoms with Crippen LogP contribution in [0, 0.1) is 5.82 Å². The highest BCUT2D eigenvalue weighted by Gasteiger charge is 2.35. The van der Waals surface area contributed by atoms with Crippen molar-refractivity contribution in [1.29, 1.82) is 0 Å². The molecule has 1 aromatic heterocycles. The van der Waals surface area contributed by atoms with Crippen LogP contribution in [-0.2, 0) is 11.3 Å². The van der Waals surface area contributed by atoms with E-state index < -0.39 is 5.97 Å². The smallest absolute Gasteiger partial charge is 0.304 e. The third-order valence-electron chi connectivity index (χ3n) is 5.66. The number of aryl methyl sites for hydroxylation is 1. The van der Waals surface area contributed by atoms with Crippen molar-refractivity contribution in [2.75, 3.05) is 0 Å². The lowest BCUT2D eigenvalue weighted by Gasteiger charge is -2.13. The van der Waals surface area contributed by atoms with Crippen molar-refractivity contribution in [2.45, 2.75) is 45.1 Å². The van der Waals surface area contributed by atoms with Gasteiger partial charge in [-0.1, -0.05) is 25.4 Å². The minimum atomic E-state index is -0.908. The number of benzene rings is 2. The summed E-state index contributed by atoms with van der Waals surface area (Å²) in [6, 6.07) is 9.58. The van der Waals surface area contributed by atoms with Crippen molar-refractivity contribution in [1.82, 2.24) is 4.57 Å². The van der Waals surface area contributed by atoms with Gasteiger partial charge in [-0.2, -0.15) is 0 Å². The molecule has 1 aliphatic rings. The third kappa shape index (κ3) is 3.33. The van der Waals surface area contributed by atoms with Crippen LogP contribution in [-0.4, -0.2) is 21.4 Å². The van der Waals surface area contributed by atoms with Gasteiger partial charge in [-0.05, 0) is 54.3 Å². The van der Waals surface area contributed by atoms with Gasteiger partial charge < -0.3 is 9.67 Å². The van der Waals surface area contributed by atoms with Crippen LogP contribution in [0.3, 0.4) is 0 Å². The van der Waals surface area contributed by atoms with Crippen molar-refractivity contribution >= 4 is 34.3 Å². The summed E-state index contributed by atoms with van der Waals surface area (Å²) in [5.74, 6) is -1.73. The SMILES string of the molecule is CC(C)c1cc(F)cc2c1c(C(=O)c1ccc(Cl)cc1)c1n2CCC1CC(=O)O. The summed E-state index contributed by atoms with van der Waals surface area (Å²) in [6.07, 6.45) is 0.558. The molecule has 0 fully saturated rings. The summed E-state index contributed by atoms with van der Waals surface area (Å²) in [4.78, 5) is 25.0. The van der Waals surface area contributed by atoms with E-state index in [0.29, 0.717) is 40.3 Å². The molecule has 0 bridgehead atoms. The Balaban J connectivity index is 2.04. The zero-order valence-corrected chi connectivity index (χ0v) is 17.0. The molecule has 1 atom stereocenters. The molecule has 1 aliphatic heterocycles. The normalized spacial score (nSPS) is 15.8. The molecule has 29 heavy (non-hydrogen) atoms. The van der Waals surface area contributed by atoms with Crippen LogP contribution in [0.5, 0.6) is 0 Å². The number of carboxylic acids is 1. The molecule has 150 valence electrons. The molecule has 2 aromatic carbocycles. The molecule has 0 saturated carbocycles. The van der Waals surface area contributed by atoms with E-state index in [1.54, 1.807) is 24.3 Å². The molecule has 0 saturated heterocycles. The molecule has 4 rings (SSSR count). The number of fused-ring (bicyclic) bond motifs is 3. The molecule has 0 radical (unpaired) electrons. The molecular weight excluding hydrogens is 393 g/mol. The number of carbonyl (C=O) groups excluding carboxylic acids is 1. The lowest BCUT2D eigenvalue weighted by Crippen LogP contribution is -2.10. The molecule has 0 amide bonds. The lowest BCUT2D eigenvalue weighted by atomic mass is 9.88. The Morgan fingerprint density at radius 2 is 1.93 bits per heavy atom. The van der Waals surface area contributed by atoms with Gasteiger partial charge in [0.15, 0.2) is 5.78 Å². The molecular formula is C23H21ClFNO3. The van der Waals surface area contributed by atoms with Crippen molar-refractivity contribution < 1.29 is 19.1 Å². The van der Waals surface area contributed by atoms with E-state index in [-0.39, 0.29) is 29.9 Å². The number of carbonyl (C=O) groups is 2. The van der Waals surface area contributed by atoms with Crippen molar-refractivity contribution in [3.63, 3.8) is 0 Å². The van der Waals surface area contributed by atoms with Gasteiger partial charge in [0, 0.05) is 34.1 Å². The van der Waals surface area contributed by atoms with E-state index in [2.05, 4.69) is 0 Å². The molecule has 2 heterocycles. The van der Waals surface area contributed by atoms with Crippen molar-refractivity contribution in [3.8, 4) is 0 Å². The number of ketones is 1. The first-order valence-electron chi connectivity index (χ1n) is 9.65. The standard InChI is InChI=1S/C23H21ClFNO3/c1-12(2)17-10-16(25)11-18-20(17)21(23(29)13-3-5-15(24)6-4-13)22-14(9-19(27)28)7-8-26(18)22/h3-6,10-12,14H,7-9H2,1-2H3,(H,27,28). The number of nitrogens with zero attached hydrogens (tertiary/aromatic N) is 1. The number of aromatic nitrogens is 1. The molecule has 1 N–H and O–H groups in total. The summed E-state index contributed by atoms with van der Waals surface area (Å²) in [6.45, 7) is 4.49. The second kappa shape index (κ2) is 7.30. The highest BCUT2D eigenvalue weighted by molar-refractivity contribution is 6.30. The largest absolute Gasteiger partial charge is 0.481 e. The van der Waals surface area contributed by atoms with Gasteiger partial charge in [-0.3, -0.25) is 9.59 Å². The van der Waals surface area contributed by atoms with Crippen LogP contribution < -0.4 is 0 Å². The Labute approximate surface area is 172 Å². The van der Waals surface area contributed by atoms with E-state index in [9.17, 15) is 19.1 Å². The molecule has 4 nitrogen and oxygen atoms in total. The Bertz CT molecular complexity index is 1130. The number of rotatable bonds is 5. The quantitative estimate of drug-likeness (QED) is 0.542. The highest BCUT2D eigenvalue weighted by Crippen LogP contribution is 2.43. The Hall–Kier alpha value is -2.66. The third-order valence-corrected chi connectivity index (χ3v) is 5.92. The van der Waals surface area contributed by atoms with Crippen LogP contribution >= 0.6 is 11.6 Å². The first-order valence-corrected chi connectivity index (χ1v) is 10.0. The Morgan fingerprint density at radius 3 is 2.55 bits per heavy atom. The first kappa shape index (κ1) is 19.6. The van der Waals surface area contributed by atoms with Crippen LogP contribution in [0.4, 0.5) is 4.39 Å². The van der Waals surface area contributed by atoms with E-state index in [0.717, 1.165) is 10.9 Å².